The third-order valence-corrected chi connectivity index (χ3v) is 3.79. The second-order valence-electron chi connectivity index (χ2n) is 5.01. The van der Waals surface area contributed by atoms with Crippen molar-refractivity contribution in [3.8, 4) is 0 Å². The van der Waals surface area contributed by atoms with Crippen LogP contribution in [0.2, 0.25) is 0 Å². The van der Waals surface area contributed by atoms with Gasteiger partial charge in [0.15, 0.2) is 0 Å². The molecule has 3 nitrogen and oxygen atoms in total. The highest BCUT2D eigenvalue weighted by Crippen LogP contribution is 2.20. The lowest BCUT2D eigenvalue weighted by molar-refractivity contribution is 0.0209. The molecule has 0 spiro atoms. The number of nitrogens with zero attached hydrogens (tertiary/aromatic N) is 1. The molecule has 1 unspecified atom stereocenters. The fraction of sp³-hybridized carbons (Fsp3) is 1.00. The Labute approximate surface area is 106 Å². The standard InChI is InChI=1S/C14H29NO2/c1-4-13(3)15-8-6-14(7-9-15)12-17-11-10-16-5-2/h13-14H,4-12H2,1-3H3. The fourth-order valence-electron chi connectivity index (χ4n) is 2.33. The number of rotatable bonds is 8. The molecule has 0 bridgehead atoms. The molecule has 0 aromatic heterocycles. The molecule has 0 aromatic carbocycles. The van der Waals surface area contributed by atoms with E-state index < -0.39 is 0 Å². The summed E-state index contributed by atoms with van der Waals surface area (Å²) in [6, 6.07) is 0.745. The van der Waals surface area contributed by atoms with Gasteiger partial charge in [-0.15, -0.1) is 0 Å². The van der Waals surface area contributed by atoms with Crippen molar-refractivity contribution >= 4 is 0 Å². The Morgan fingerprint density at radius 3 is 2.35 bits per heavy atom. The fourth-order valence-corrected chi connectivity index (χ4v) is 2.33. The van der Waals surface area contributed by atoms with Crippen LogP contribution in [-0.2, 0) is 9.47 Å². The van der Waals surface area contributed by atoms with Crippen LogP contribution in [0.1, 0.15) is 40.0 Å². The maximum Gasteiger partial charge on any atom is 0.0700 e. The third-order valence-electron chi connectivity index (χ3n) is 3.79. The molecule has 0 saturated carbocycles. The van der Waals surface area contributed by atoms with E-state index in [0.717, 1.165) is 38.4 Å². The molecular weight excluding hydrogens is 214 g/mol. The Morgan fingerprint density at radius 2 is 1.76 bits per heavy atom. The van der Waals surface area contributed by atoms with Crippen LogP contribution in [0.15, 0.2) is 0 Å². The van der Waals surface area contributed by atoms with E-state index in [4.69, 9.17) is 9.47 Å². The lowest BCUT2D eigenvalue weighted by Gasteiger charge is -2.35. The zero-order chi connectivity index (χ0) is 12.5. The van der Waals surface area contributed by atoms with Crippen LogP contribution >= 0.6 is 0 Å². The summed E-state index contributed by atoms with van der Waals surface area (Å²) in [4.78, 5) is 2.61. The van der Waals surface area contributed by atoms with E-state index in [1.54, 1.807) is 0 Å². The lowest BCUT2D eigenvalue weighted by Crippen LogP contribution is -2.40. The minimum atomic E-state index is 0.738. The predicted molar refractivity (Wildman–Crippen MR) is 71.4 cm³/mol. The first-order chi connectivity index (χ1) is 8.27. The van der Waals surface area contributed by atoms with Gasteiger partial charge in [0.05, 0.1) is 13.2 Å². The molecule has 0 N–H and O–H groups in total. The summed E-state index contributed by atoms with van der Waals surface area (Å²) in [5, 5.41) is 0. The van der Waals surface area contributed by atoms with E-state index in [1.807, 2.05) is 6.92 Å². The molecule has 1 aliphatic rings. The molecule has 0 radical (unpaired) electrons. The summed E-state index contributed by atoms with van der Waals surface area (Å²) in [5.41, 5.74) is 0. The molecule has 0 amide bonds. The first-order valence-corrected chi connectivity index (χ1v) is 7.17. The van der Waals surface area contributed by atoms with Gasteiger partial charge in [-0.1, -0.05) is 6.92 Å². The van der Waals surface area contributed by atoms with Crippen molar-refractivity contribution in [2.24, 2.45) is 5.92 Å². The smallest absolute Gasteiger partial charge is 0.0700 e. The van der Waals surface area contributed by atoms with Crippen LogP contribution in [0.4, 0.5) is 0 Å². The van der Waals surface area contributed by atoms with Gasteiger partial charge in [-0.2, -0.15) is 0 Å². The topological polar surface area (TPSA) is 21.7 Å². The lowest BCUT2D eigenvalue weighted by atomic mass is 9.96. The van der Waals surface area contributed by atoms with Crippen LogP contribution in [0, 0.1) is 5.92 Å². The zero-order valence-corrected chi connectivity index (χ0v) is 11.8. The molecule has 1 fully saturated rings. The van der Waals surface area contributed by atoms with Gasteiger partial charge in [-0.05, 0) is 52.1 Å². The number of hydrogen-bond acceptors (Lipinski definition) is 3. The van der Waals surface area contributed by atoms with E-state index in [1.165, 1.54) is 32.4 Å². The molecule has 1 aliphatic heterocycles. The van der Waals surface area contributed by atoms with E-state index in [0.29, 0.717) is 0 Å². The summed E-state index contributed by atoms with van der Waals surface area (Å²) in [7, 11) is 0. The van der Waals surface area contributed by atoms with Gasteiger partial charge in [-0.3, -0.25) is 0 Å². The van der Waals surface area contributed by atoms with E-state index in [-0.39, 0.29) is 0 Å². The van der Waals surface area contributed by atoms with Crippen molar-refractivity contribution in [2.75, 3.05) is 39.5 Å². The van der Waals surface area contributed by atoms with Crippen LogP contribution < -0.4 is 0 Å². The molecule has 1 heterocycles. The Balaban J connectivity index is 2.03. The van der Waals surface area contributed by atoms with E-state index in [9.17, 15) is 0 Å². The van der Waals surface area contributed by atoms with Crippen molar-refractivity contribution in [1.29, 1.82) is 0 Å². The van der Waals surface area contributed by atoms with Crippen molar-refractivity contribution < 1.29 is 9.47 Å². The van der Waals surface area contributed by atoms with Gasteiger partial charge >= 0.3 is 0 Å². The molecule has 0 aromatic rings. The van der Waals surface area contributed by atoms with Gasteiger partial charge < -0.3 is 14.4 Å². The SMILES string of the molecule is CCOCCOCC1CCN(C(C)CC)CC1. The minimum Gasteiger partial charge on any atom is -0.379 e. The second-order valence-corrected chi connectivity index (χ2v) is 5.01. The molecule has 102 valence electrons. The summed E-state index contributed by atoms with van der Waals surface area (Å²) >= 11 is 0. The van der Waals surface area contributed by atoms with Crippen LogP contribution in [0.5, 0.6) is 0 Å². The Hall–Kier alpha value is -0.120. The molecule has 0 aliphatic carbocycles. The number of ether oxygens (including phenoxy) is 2. The average molecular weight is 243 g/mol. The molecular formula is C14H29NO2. The molecule has 1 saturated heterocycles. The van der Waals surface area contributed by atoms with Crippen LogP contribution in [0.25, 0.3) is 0 Å². The minimum absolute atomic E-state index is 0.738. The Morgan fingerprint density at radius 1 is 1.12 bits per heavy atom. The normalized spacial score (nSPS) is 20.6. The number of hydrogen-bond donors (Lipinski definition) is 0. The van der Waals surface area contributed by atoms with Gasteiger partial charge in [-0.25, -0.2) is 0 Å². The van der Waals surface area contributed by atoms with Gasteiger partial charge in [0, 0.05) is 19.3 Å². The third kappa shape index (κ3) is 5.84. The number of piperidine rings is 1. The monoisotopic (exact) mass is 243 g/mol. The van der Waals surface area contributed by atoms with Crippen LogP contribution in [-0.4, -0.2) is 50.5 Å². The van der Waals surface area contributed by atoms with Crippen LogP contribution in [0.3, 0.4) is 0 Å². The highest BCUT2D eigenvalue weighted by molar-refractivity contribution is 4.75. The van der Waals surface area contributed by atoms with Crippen molar-refractivity contribution in [3.05, 3.63) is 0 Å². The predicted octanol–water partition coefficient (Wildman–Crippen LogP) is 2.55. The van der Waals surface area contributed by atoms with E-state index in [2.05, 4.69) is 18.7 Å². The first kappa shape index (κ1) is 14.9. The molecule has 17 heavy (non-hydrogen) atoms. The van der Waals surface area contributed by atoms with Crippen molar-refractivity contribution in [3.63, 3.8) is 0 Å². The summed E-state index contributed by atoms with van der Waals surface area (Å²) in [6.07, 6.45) is 3.84. The largest absolute Gasteiger partial charge is 0.379 e. The van der Waals surface area contributed by atoms with Gasteiger partial charge in [0.1, 0.15) is 0 Å². The maximum atomic E-state index is 5.65. The summed E-state index contributed by atoms with van der Waals surface area (Å²) in [6.45, 7) is 12.3. The maximum absolute atomic E-state index is 5.65. The highest BCUT2D eigenvalue weighted by Gasteiger charge is 2.21. The zero-order valence-electron chi connectivity index (χ0n) is 11.8. The molecule has 3 heteroatoms. The summed E-state index contributed by atoms with van der Waals surface area (Å²) < 4.78 is 10.9. The molecule has 1 rings (SSSR count). The van der Waals surface area contributed by atoms with Crippen molar-refractivity contribution in [1.82, 2.24) is 4.90 Å². The van der Waals surface area contributed by atoms with Crippen molar-refractivity contribution in [2.45, 2.75) is 46.1 Å². The summed E-state index contributed by atoms with van der Waals surface area (Å²) in [5.74, 6) is 0.761. The first-order valence-electron chi connectivity index (χ1n) is 7.17. The second kappa shape index (κ2) is 8.90. The average Bonchev–Trinajstić information content (AvgIpc) is 2.38. The van der Waals surface area contributed by atoms with Gasteiger partial charge in [0.25, 0.3) is 0 Å². The molecule has 1 atom stereocenters. The quantitative estimate of drug-likeness (QED) is 0.612. The number of likely N-dealkylation sites (tertiary alicyclic amines) is 1. The Kier molecular flexibility index (Phi) is 7.82. The van der Waals surface area contributed by atoms with Gasteiger partial charge in [0.2, 0.25) is 0 Å². The highest BCUT2D eigenvalue weighted by atomic mass is 16.5. The van der Waals surface area contributed by atoms with E-state index >= 15 is 0 Å². The Bertz CT molecular complexity index is 179.